The van der Waals surface area contributed by atoms with Gasteiger partial charge in [-0.15, -0.1) is 0 Å². The number of rotatable bonds is 2. The van der Waals surface area contributed by atoms with Gasteiger partial charge in [0.2, 0.25) is 0 Å². The van der Waals surface area contributed by atoms with E-state index < -0.39 is 0 Å². The number of phenols is 1. The van der Waals surface area contributed by atoms with Crippen LogP contribution in [0.1, 0.15) is 5.56 Å². The van der Waals surface area contributed by atoms with Crippen molar-refractivity contribution in [2.24, 2.45) is 4.99 Å². The molecule has 3 nitrogen and oxygen atoms in total. The van der Waals surface area contributed by atoms with Crippen LogP contribution in [-0.2, 0) is 21.0 Å². The SMILES string of the molecule is Oc1ccccc1C=Nc1ccccc1.[O]=[V]. The summed E-state index contributed by atoms with van der Waals surface area (Å²) in [7, 11) is 0. The molecule has 17 heavy (non-hydrogen) atoms. The van der Waals surface area contributed by atoms with Gasteiger partial charge < -0.3 is 5.11 Å². The third-order valence-electron chi connectivity index (χ3n) is 2.05. The molecule has 0 aliphatic heterocycles. The molecular weight excluding hydrogens is 253 g/mol. The van der Waals surface area contributed by atoms with Gasteiger partial charge in [0.1, 0.15) is 5.75 Å². The van der Waals surface area contributed by atoms with Gasteiger partial charge in [0.15, 0.2) is 0 Å². The normalized spacial score (nSPS) is 9.59. The molecule has 0 amide bonds. The number of hydrogen-bond donors (Lipinski definition) is 1. The van der Waals surface area contributed by atoms with Gasteiger partial charge in [0, 0.05) is 11.8 Å². The van der Waals surface area contributed by atoms with Crippen LogP contribution < -0.4 is 0 Å². The molecule has 0 saturated carbocycles. The molecule has 0 aliphatic rings. The fourth-order valence-electron chi connectivity index (χ4n) is 1.25. The molecule has 2 rings (SSSR count). The second-order valence-electron chi connectivity index (χ2n) is 3.15. The van der Waals surface area contributed by atoms with E-state index in [9.17, 15) is 5.11 Å². The van der Waals surface area contributed by atoms with E-state index in [-0.39, 0.29) is 5.75 Å². The van der Waals surface area contributed by atoms with Gasteiger partial charge in [0.25, 0.3) is 0 Å². The van der Waals surface area contributed by atoms with Crippen molar-refractivity contribution < 1.29 is 26.1 Å². The minimum absolute atomic E-state index is 0.247. The van der Waals surface area contributed by atoms with E-state index in [4.69, 9.17) is 3.67 Å². The van der Waals surface area contributed by atoms with Crippen LogP contribution in [0, 0.1) is 0 Å². The average molecular weight is 264 g/mol. The molecule has 2 aromatic carbocycles. The monoisotopic (exact) mass is 264 g/mol. The molecule has 0 aromatic heterocycles. The van der Waals surface area contributed by atoms with Crippen molar-refractivity contribution >= 4 is 11.9 Å². The van der Waals surface area contributed by atoms with E-state index >= 15 is 0 Å². The van der Waals surface area contributed by atoms with Crippen molar-refractivity contribution in [3.05, 3.63) is 60.2 Å². The van der Waals surface area contributed by atoms with Gasteiger partial charge in [-0.1, -0.05) is 30.3 Å². The molecule has 2 aromatic rings. The average Bonchev–Trinajstić information content (AvgIpc) is 2.41. The Morgan fingerprint density at radius 2 is 1.53 bits per heavy atom. The van der Waals surface area contributed by atoms with Crippen molar-refractivity contribution in [1.29, 1.82) is 0 Å². The molecule has 1 N–H and O–H groups in total. The number of aliphatic imine (C=N–C) groups is 1. The Balaban J connectivity index is 0.000000686. The molecule has 85 valence electrons. The summed E-state index contributed by atoms with van der Waals surface area (Å²) in [5, 5.41) is 9.50. The van der Waals surface area contributed by atoms with E-state index in [0.29, 0.717) is 0 Å². The van der Waals surface area contributed by atoms with Crippen LogP contribution in [0.4, 0.5) is 5.69 Å². The van der Waals surface area contributed by atoms with E-state index in [1.807, 2.05) is 42.5 Å². The predicted octanol–water partition coefficient (Wildman–Crippen LogP) is 3.02. The van der Waals surface area contributed by atoms with Crippen LogP contribution in [0.5, 0.6) is 5.75 Å². The Hall–Kier alpha value is -1.71. The summed E-state index contributed by atoms with van der Waals surface area (Å²) < 4.78 is 8.19. The fourth-order valence-corrected chi connectivity index (χ4v) is 1.25. The molecule has 0 saturated heterocycles. The molecule has 0 spiro atoms. The van der Waals surface area contributed by atoms with E-state index in [0.717, 1.165) is 28.6 Å². The quantitative estimate of drug-likeness (QED) is 0.847. The fraction of sp³-hybridized carbons (Fsp3) is 0. The van der Waals surface area contributed by atoms with Crippen LogP contribution in [0.3, 0.4) is 0 Å². The molecule has 4 heteroatoms. The maximum atomic E-state index is 9.50. The summed E-state index contributed by atoms with van der Waals surface area (Å²) in [6.07, 6.45) is 1.66. The molecule has 0 radical (unpaired) electrons. The summed E-state index contributed by atoms with van der Waals surface area (Å²) in [5.74, 6) is 0.247. The third kappa shape index (κ3) is 4.35. The number of benzene rings is 2. The van der Waals surface area contributed by atoms with Gasteiger partial charge in [0.05, 0.1) is 5.69 Å². The second kappa shape index (κ2) is 7.55. The molecule has 0 unspecified atom stereocenters. The van der Waals surface area contributed by atoms with E-state index in [2.05, 4.69) is 4.99 Å². The first kappa shape index (κ1) is 13.4. The Morgan fingerprint density at radius 1 is 0.941 bits per heavy atom. The van der Waals surface area contributed by atoms with Gasteiger partial charge in [-0.2, -0.15) is 0 Å². The Kier molecular flexibility index (Phi) is 5.93. The number of para-hydroxylation sites is 2. The van der Waals surface area contributed by atoms with Crippen molar-refractivity contribution in [2.45, 2.75) is 0 Å². The number of aromatic hydroxyl groups is 1. The van der Waals surface area contributed by atoms with Crippen LogP contribution in [0.25, 0.3) is 0 Å². The van der Waals surface area contributed by atoms with Crippen LogP contribution >= 0.6 is 0 Å². The van der Waals surface area contributed by atoms with Crippen LogP contribution in [-0.4, -0.2) is 11.3 Å². The predicted molar refractivity (Wildman–Crippen MR) is 62.5 cm³/mol. The second-order valence-corrected chi connectivity index (χ2v) is 3.15. The first-order chi connectivity index (χ1) is 8.36. The molecular formula is C13H11NO2V. The van der Waals surface area contributed by atoms with Crippen molar-refractivity contribution in [3.8, 4) is 5.75 Å². The zero-order chi connectivity index (χ0) is 12.5. The number of hydrogen-bond acceptors (Lipinski definition) is 3. The Bertz CT molecular complexity index is 486. The Morgan fingerprint density at radius 3 is 2.18 bits per heavy atom. The zero-order valence-corrected chi connectivity index (χ0v) is 10.4. The number of nitrogens with zero attached hydrogens (tertiary/aromatic N) is 1. The summed E-state index contributed by atoms with van der Waals surface area (Å²) in [4.78, 5) is 4.25. The zero-order valence-electron chi connectivity index (χ0n) is 9.02. The van der Waals surface area contributed by atoms with Crippen molar-refractivity contribution in [2.75, 3.05) is 0 Å². The standard InChI is InChI=1S/C13H11NO.O.V/c15-13-9-5-4-6-11(13)10-14-12-7-2-1-3-8-12;;/h1-10,15H;;. The third-order valence-corrected chi connectivity index (χ3v) is 2.05. The van der Waals surface area contributed by atoms with Crippen molar-refractivity contribution in [1.82, 2.24) is 0 Å². The number of phenolic OH excluding ortho intramolecular Hbond substituents is 1. The first-order valence-electron chi connectivity index (χ1n) is 4.91. The molecule has 0 heterocycles. The van der Waals surface area contributed by atoms with Crippen LogP contribution in [0.2, 0.25) is 0 Å². The molecule has 0 aliphatic carbocycles. The summed E-state index contributed by atoms with van der Waals surface area (Å²) in [5.41, 5.74) is 1.60. The van der Waals surface area contributed by atoms with Gasteiger partial charge in [-0.3, -0.25) is 4.99 Å². The van der Waals surface area contributed by atoms with Crippen LogP contribution in [0.15, 0.2) is 59.6 Å². The maximum absolute atomic E-state index is 9.50. The van der Waals surface area contributed by atoms with E-state index in [1.54, 1.807) is 18.3 Å². The Labute approximate surface area is 109 Å². The topological polar surface area (TPSA) is 49.7 Å². The molecule has 0 bridgehead atoms. The minimum atomic E-state index is 0.247. The molecule has 0 fully saturated rings. The van der Waals surface area contributed by atoms with Gasteiger partial charge >= 0.3 is 21.0 Å². The molecule has 0 atom stereocenters. The van der Waals surface area contributed by atoms with E-state index in [1.165, 1.54) is 0 Å². The summed E-state index contributed by atoms with van der Waals surface area (Å²) in [6, 6.07) is 16.7. The van der Waals surface area contributed by atoms with Gasteiger partial charge in [-0.05, 0) is 24.3 Å². The van der Waals surface area contributed by atoms with Crippen molar-refractivity contribution in [3.63, 3.8) is 0 Å². The first-order valence-corrected chi connectivity index (χ1v) is 5.48. The summed E-state index contributed by atoms with van der Waals surface area (Å²) >= 11 is 1.06. The van der Waals surface area contributed by atoms with Gasteiger partial charge in [-0.25, -0.2) is 0 Å². The summed E-state index contributed by atoms with van der Waals surface area (Å²) in [6.45, 7) is 0.